The summed E-state index contributed by atoms with van der Waals surface area (Å²) in [4.78, 5) is 42.1. The smallest absolute Gasteiger partial charge is 0.332 e. The number of hydrogen-bond acceptors (Lipinski definition) is 5. The van der Waals surface area contributed by atoms with Crippen molar-refractivity contribution in [1.29, 1.82) is 0 Å². The van der Waals surface area contributed by atoms with E-state index in [1.54, 1.807) is 17.0 Å². The molecule has 7 heteroatoms. The number of fused-ring (bicyclic) bond motifs is 3. The highest BCUT2D eigenvalue weighted by molar-refractivity contribution is 5.99. The molecule has 0 N–H and O–H groups in total. The lowest BCUT2D eigenvalue weighted by Crippen LogP contribution is -2.58. The molecule has 0 bridgehead atoms. The van der Waals surface area contributed by atoms with E-state index < -0.39 is 11.5 Å². The van der Waals surface area contributed by atoms with Crippen LogP contribution in [0.25, 0.3) is 0 Å². The van der Waals surface area contributed by atoms with Crippen LogP contribution in [0.1, 0.15) is 52.1 Å². The second-order valence-corrected chi connectivity index (χ2v) is 10.3. The second kappa shape index (κ2) is 10.5. The van der Waals surface area contributed by atoms with E-state index in [1.165, 1.54) is 14.2 Å². The van der Waals surface area contributed by atoms with Crippen LogP contribution < -0.4 is 0 Å². The highest BCUT2D eigenvalue weighted by atomic mass is 16.5. The molecule has 2 aromatic carbocycles. The summed E-state index contributed by atoms with van der Waals surface area (Å²) >= 11 is 0. The summed E-state index contributed by atoms with van der Waals surface area (Å²) < 4.78 is 12.6. The van der Waals surface area contributed by atoms with Gasteiger partial charge in [-0.1, -0.05) is 61.9 Å². The number of methoxy groups -OCH3 is 2. The molecule has 1 aliphatic carbocycles. The summed E-state index contributed by atoms with van der Waals surface area (Å²) in [6.07, 6.45) is 2.73. The van der Waals surface area contributed by atoms with Gasteiger partial charge >= 0.3 is 11.9 Å². The molecule has 1 saturated heterocycles. The number of benzene rings is 2. The van der Waals surface area contributed by atoms with Crippen molar-refractivity contribution in [2.24, 2.45) is 5.92 Å². The maximum Gasteiger partial charge on any atom is 0.332 e. The number of carbonyl (C=O) groups is 3. The molecule has 7 nitrogen and oxygen atoms in total. The SMILES string of the molecule is CCCc1cc2c(n1CC(=O)OC)C[C@H]1CN(C(=O)c3ccccc3)[C@@](Cc3ccccc3)(C(=O)OC)[C@@H]21. The zero-order valence-corrected chi connectivity index (χ0v) is 22.2. The van der Waals surface area contributed by atoms with Crippen LogP contribution in [0.3, 0.4) is 0 Å². The number of nitrogens with zero attached hydrogens (tertiary/aromatic N) is 2. The second-order valence-electron chi connectivity index (χ2n) is 10.3. The largest absolute Gasteiger partial charge is 0.468 e. The predicted molar refractivity (Wildman–Crippen MR) is 143 cm³/mol. The third-order valence-electron chi connectivity index (χ3n) is 8.15. The van der Waals surface area contributed by atoms with Crippen molar-refractivity contribution in [3.8, 4) is 0 Å². The molecule has 1 aromatic heterocycles. The standard InChI is InChI=1S/C31H34N2O5/c1-4-11-24-17-25-26(32(24)20-27(34)37-2)16-23-19-33(29(35)22-14-9-6-10-15-22)31(28(23)25,30(36)38-3)18-21-12-7-5-8-13-21/h5-10,12-15,17,23,28H,4,11,16,18-20H2,1-3H3/t23-,28+,31+/m0/s1. The third kappa shape index (κ3) is 4.20. The van der Waals surface area contributed by atoms with Crippen molar-refractivity contribution in [2.75, 3.05) is 20.8 Å². The number of amides is 1. The van der Waals surface area contributed by atoms with Gasteiger partial charge < -0.3 is 18.9 Å². The van der Waals surface area contributed by atoms with Gasteiger partial charge in [-0.2, -0.15) is 0 Å². The van der Waals surface area contributed by atoms with Crippen LogP contribution in [0.2, 0.25) is 0 Å². The van der Waals surface area contributed by atoms with E-state index in [0.717, 1.165) is 35.4 Å². The minimum atomic E-state index is -1.22. The number of ether oxygens (including phenoxy) is 2. The van der Waals surface area contributed by atoms with E-state index in [-0.39, 0.29) is 30.3 Å². The normalized spacial score (nSPS) is 21.6. The highest BCUT2D eigenvalue weighted by Crippen LogP contribution is 2.55. The molecule has 2 heterocycles. The van der Waals surface area contributed by atoms with Crippen LogP contribution in [0.5, 0.6) is 0 Å². The predicted octanol–water partition coefficient (Wildman–Crippen LogP) is 4.18. The van der Waals surface area contributed by atoms with E-state index >= 15 is 0 Å². The number of esters is 2. The molecule has 1 amide bonds. The van der Waals surface area contributed by atoms with Crippen LogP contribution in [0.4, 0.5) is 0 Å². The van der Waals surface area contributed by atoms with Gasteiger partial charge in [0.05, 0.1) is 14.2 Å². The quantitative estimate of drug-likeness (QED) is 0.422. The molecule has 5 rings (SSSR count). The van der Waals surface area contributed by atoms with E-state index in [9.17, 15) is 14.4 Å². The lowest BCUT2D eigenvalue weighted by Gasteiger charge is -2.40. The fraction of sp³-hybridized carbons (Fsp3) is 0.387. The van der Waals surface area contributed by atoms with Crippen molar-refractivity contribution < 1.29 is 23.9 Å². The van der Waals surface area contributed by atoms with Crippen molar-refractivity contribution in [2.45, 2.75) is 50.6 Å². The van der Waals surface area contributed by atoms with Crippen LogP contribution in [-0.4, -0.2) is 53.6 Å². The van der Waals surface area contributed by atoms with E-state index in [1.807, 2.05) is 48.5 Å². The van der Waals surface area contributed by atoms with Crippen molar-refractivity contribution in [1.82, 2.24) is 9.47 Å². The summed E-state index contributed by atoms with van der Waals surface area (Å²) in [5, 5.41) is 0. The Morgan fingerprint density at radius 2 is 1.66 bits per heavy atom. The Morgan fingerprint density at radius 3 is 2.29 bits per heavy atom. The molecule has 0 saturated carbocycles. The van der Waals surface area contributed by atoms with Crippen molar-refractivity contribution in [3.05, 3.63) is 94.8 Å². The van der Waals surface area contributed by atoms with Gasteiger partial charge in [0.25, 0.3) is 5.91 Å². The van der Waals surface area contributed by atoms with E-state index in [0.29, 0.717) is 24.9 Å². The van der Waals surface area contributed by atoms with Gasteiger partial charge in [-0.25, -0.2) is 4.79 Å². The third-order valence-corrected chi connectivity index (χ3v) is 8.15. The lowest BCUT2D eigenvalue weighted by atomic mass is 9.75. The lowest BCUT2D eigenvalue weighted by molar-refractivity contribution is -0.153. The Kier molecular flexibility index (Phi) is 7.11. The van der Waals surface area contributed by atoms with Gasteiger partial charge in [0.1, 0.15) is 6.54 Å². The summed E-state index contributed by atoms with van der Waals surface area (Å²) in [6.45, 7) is 2.67. The van der Waals surface area contributed by atoms with Crippen molar-refractivity contribution >= 4 is 17.8 Å². The maximum absolute atomic E-state index is 14.0. The minimum Gasteiger partial charge on any atom is -0.468 e. The topological polar surface area (TPSA) is 77.8 Å². The summed E-state index contributed by atoms with van der Waals surface area (Å²) in [6, 6.07) is 21.1. The first-order chi connectivity index (χ1) is 18.4. The first kappa shape index (κ1) is 25.8. The Labute approximate surface area is 223 Å². The molecule has 3 aromatic rings. The molecular formula is C31H34N2O5. The van der Waals surface area contributed by atoms with Crippen LogP contribution in [0.15, 0.2) is 66.7 Å². The summed E-state index contributed by atoms with van der Waals surface area (Å²) in [5.74, 6) is -1.13. The van der Waals surface area contributed by atoms with E-state index in [2.05, 4.69) is 17.6 Å². The molecule has 2 aliphatic rings. The van der Waals surface area contributed by atoms with Gasteiger partial charge in [0.15, 0.2) is 5.54 Å². The van der Waals surface area contributed by atoms with Crippen LogP contribution in [0, 0.1) is 5.92 Å². The number of likely N-dealkylation sites (tertiary alicyclic amines) is 1. The molecule has 0 radical (unpaired) electrons. The molecule has 1 fully saturated rings. The fourth-order valence-electron chi connectivity index (χ4n) is 6.62. The molecule has 1 aliphatic heterocycles. The molecule has 198 valence electrons. The molecule has 0 spiro atoms. The molecular weight excluding hydrogens is 480 g/mol. The Balaban J connectivity index is 1.68. The number of hydrogen-bond donors (Lipinski definition) is 0. The number of carbonyl (C=O) groups excluding carboxylic acids is 3. The van der Waals surface area contributed by atoms with Gasteiger partial charge in [-0.3, -0.25) is 9.59 Å². The number of rotatable bonds is 8. The van der Waals surface area contributed by atoms with Gasteiger partial charge in [-0.15, -0.1) is 0 Å². The first-order valence-electron chi connectivity index (χ1n) is 13.2. The number of aryl methyl sites for hydroxylation is 1. The van der Waals surface area contributed by atoms with Gasteiger partial charge in [0, 0.05) is 35.8 Å². The average Bonchev–Trinajstić information content (AvgIpc) is 3.57. The zero-order chi connectivity index (χ0) is 26.9. The van der Waals surface area contributed by atoms with Gasteiger partial charge in [-0.05, 0) is 48.1 Å². The van der Waals surface area contributed by atoms with Crippen LogP contribution in [-0.2, 0) is 44.9 Å². The zero-order valence-electron chi connectivity index (χ0n) is 22.2. The first-order valence-corrected chi connectivity index (χ1v) is 13.2. The summed E-state index contributed by atoms with van der Waals surface area (Å²) in [5.41, 5.74) is 3.42. The average molecular weight is 515 g/mol. The fourth-order valence-corrected chi connectivity index (χ4v) is 6.62. The van der Waals surface area contributed by atoms with Crippen molar-refractivity contribution in [3.63, 3.8) is 0 Å². The Hall–Kier alpha value is -3.87. The Bertz CT molecular complexity index is 1330. The highest BCUT2D eigenvalue weighted by Gasteiger charge is 2.64. The minimum absolute atomic E-state index is 0.0232. The Morgan fingerprint density at radius 1 is 0.974 bits per heavy atom. The molecule has 3 atom stereocenters. The maximum atomic E-state index is 14.0. The van der Waals surface area contributed by atoms with Crippen LogP contribution >= 0.6 is 0 Å². The summed E-state index contributed by atoms with van der Waals surface area (Å²) in [7, 11) is 2.80. The van der Waals surface area contributed by atoms with E-state index in [4.69, 9.17) is 9.47 Å². The molecule has 0 unspecified atom stereocenters. The molecule has 38 heavy (non-hydrogen) atoms. The number of aromatic nitrogens is 1. The van der Waals surface area contributed by atoms with Gasteiger partial charge in [0.2, 0.25) is 0 Å². The monoisotopic (exact) mass is 514 g/mol.